The highest BCUT2D eigenvalue weighted by molar-refractivity contribution is 9.10. The van der Waals surface area contributed by atoms with E-state index in [1.54, 1.807) is 0 Å². The average molecular weight is 316 g/mol. The van der Waals surface area contributed by atoms with E-state index >= 15 is 0 Å². The third kappa shape index (κ3) is 2.18. The van der Waals surface area contributed by atoms with Crippen LogP contribution in [0.5, 0.6) is 0 Å². The van der Waals surface area contributed by atoms with Gasteiger partial charge in [0.15, 0.2) is 11.6 Å². The fourth-order valence-corrected chi connectivity index (χ4v) is 2.37. The lowest BCUT2D eigenvalue weighted by Crippen LogP contribution is -1.99. The number of para-hydroxylation sites is 1. The van der Waals surface area contributed by atoms with Gasteiger partial charge in [0.25, 0.3) is 0 Å². The molecule has 0 fully saturated rings. The number of nitrogens with zero attached hydrogens (tertiary/aromatic N) is 2. The van der Waals surface area contributed by atoms with Gasteiger partial charge in [-0.2, -0.15) is 0 Å². The summed E-state index contributed by atoms with van der Waals surface area (Å²) in [5.41, 5.74) is 3.79. The molecule has 0 saturated heterocycles. The molecule has 2 N–H and O–H groups in total. The van der Waals surface area contributed by atoms with E-state index in [0.29, 0.717) is 11.6 Å². The second-order valence-corrected chi connectivity index (χ2v) is 4.86. The lowest BCUT2D eigenvalue weighted by Gasteiger charge is -2.08. The van der Waals surface area contributed by atoms with Crippen molar-refractivity contribution in [3.8, 4) is 11.4 Å². The second kappa shape index (κ2) is 4.95. The first-order valence-corrected chi connectivity index (χ1v) is 6.50. The molecular formula is C14H10BrN3O. The van der Waals surface area contributed by atoms with Crippen LogP contribution in [-0.4, -0.2) is 15.2 Å². The Hall–Kier alpha value is -1.98. The Bertz CT molecular complexity index is 731. The number of benzene rings is 2. The van der Waals surface area contributed by atoms with Gasteiger partial charge >= 0.3 is 0 Å². The number of rotatable bonds is 2. The van der Waals surface area contributed by atoms with E-state index in [2.05, 4.69) is 31.4 Å². The first kappa shape index (κ1) is 12.1. The number of anilines is 1. The van der Waals surface area contributed by atoms with Crippen molar-refractivity contribution >= 4 is 32.7 Å². The van der Waals surface area contributed by atoms with Crippen LogP contribution < -0.4 is 5.48 Å². The molecular weight excluding hydrogens is 306 g/mol. The van der Waals surface area contributed by atoms with Gasteiger partial charge in [-0.05, 0) is 28.1 Å². The van der Waals surface area contributed by atoms with Crippen LogP contribution in [0.4, 0.5) is 5.82 Å². The number of fused-ring (bicyclic) bond motifs is 1. The predicted molar refractivity (Wildman–Crippen MR) is 78.1 cm³/mol. The van der Waals surface area contributed by atoms with E-state index in [9.17, 15) is 5.21 Å². The molecule has 0 amide bonds. The minimum atomic E-state index is 0.394. The van der Waals surface area contributed by atoms with Crippen LogP contribution in [0.2, 0.25) is 0 Å². The highest BCUT2D eigenvalue weighted by Gasteiger charge is 2.10. The summed E-state index contributed by atoms with van der Waals surface area (Å²) in [6, 6.07) is 15.3. The summed E-state index contributed by atoms with van der Waals surface area (Å²) in [5.74, 6) is 0.960. The van der Waals surface area contributed by atoms with Crippen molar-refractivity contribution in [1.82, 2.24) is 9.97 Å². The van der Waals surface area contributed by atoms with Crippen LogP contribution in [-0.2, 0) is 0 Å². The van der Waals surface area contributed by atoms with Crippen molar-refractivity contribution in [3.05, 3.63) is 53.0 Å². The van der Waals surface area contributed by atoms with Gasteiger partial charge in [-0.15, -0.1) is 0 Å². The number of hydrogen-bond donors (Lipinski definition) is 2. The Morgan fingerprint density at radius 2 is 1.74 bits per heavy atom. The van der Waals surface area contributed by atoms with Gasteiger partial charge in [0.2, 0.25) is 0 Å². The maximum atomic E-state index is 9.24. The fourth-order valence-electron chi connectivity index (χ4n) is 1.92. The number of hydrogen-bond acceptors (Lipinski definition) is 4. The van der Waals surface area contributed by atoms with E-state index in [-0.39, 0.29) is 0 Å². The summed E-state index contributed by atoms with van der Waals surface area (Å²) in [6.45, 7) is 0. The summed E-state index contributed by atoms with van der Waals surface area (Å²) in [7, 11) is 0. The molecule has 0 unspecified atom stereocenters. The molecule has 4 nitrogen and oxygen atoms in total. The van der Waals surface area contributed by atoms with Crippen molar-refractivity contribution in [2.24, 2.45) is 0 Å². The Balaban J connectivity index is 2.31. The maximum absolute atomic E-state index is 9.24. The van der Waals surface area contributed by atoms with Gasteiger partial charge in [0.05, 0.1) is 5.52 Å². The van der Waals surface area contributed by atoms with Gasteiger partial charge in [0, 0.05) is 15.4 Å². The molecule has 0 bridgehead atoms. The number of aromatic nitrogens is 2. The van der Waals surface area contributed by atoms with Crippen LogP contribution >= 0.6 is 15.9 Å². The summed E-state index contributed by atoms with van der Waals surface area (Å²) in [5, 5.41) is 10.0. The van der Waals surface area contributed by atoms with Gasteiger partial charge < -0.3 is 0 Å². The van der Waals surface area contributed by atoms with Crippen molar-refractivity contribution in [2.75, 3.05) is 5.48 Å². The highest BCUT2D eigenvalue weighted by Crippen LogP contribution is 2.29. The van der Waals surface area contributed by atoms with Crippen LogP contribution in [0.1, 0.15) is 0 Å². The Kier molecular flexibility index (Phi) is 3.15. The minimum Gasteiger partial charge on any atom is -0.290 e. The monoisotopic (exact) mass is 315 g/mol. The number of halogens is 1. The van der Waals surface area contributed by atoms with Crippen LogP contribution in [0.3, 0.4) is 0 Å². The molecule has 19 heavy (non-hydrogen) atoms. The van der Waals surface area contributed by atoms with Crippen molar-refractivity contribution in [3.63, 3.8) is 0 Å². The first-order chi connectivity index (χ1) is 9.29. The normalized spacial score (nSPS) is 10.6. The molecule has 0 radical (unpaired) electrons. The SMILES string of the molecule is ONc1nc(-c2ccccc2)nc2c(Br)cccc12. The smallest absolute Gasteiger partial charge is 0.162 e. The van der Waals surface area contributed by atoms with Gasteiger partial charge in [-0.25, -0.2) is 9.97 Å². The molecule has 94 valence electrons. The molecule has 0 saturated carbocycles. The first-order valence-electron chi connectivity index (χ1n) is 5.71. The van der Waals surface area contributed by atoms with Crippen molar-refractivity contribution in [1.29, 1.82) is 0 Å². The molecule has 0 aliphatic rings. The number of nitrogens with one attached hydrogen (secondary N) is 1. The van der Waals surface area contributed by atoms with E-state index in [1.165, 1.54) is 0 Å². The van der Waals surface area contributed by atoms with Crippen LogP contribution in [0.25, 0.3) is 22.3 Å². The molecule has 2 aromatic carbocycles. The van der Waals surface area contributed by atoms with E-state index in [4.69, 9.17) is 0 Å². The third-order valence-corrected chi connectivity index (χ3v) is 3.46. The Morgan fingerprint density at radius 1 is 0.947 bits per heavy atom. The average Bonchev–Trinajstić information content (AvgIpc) is 2.48. The highest BCUT2D eigenvalue weighted by atomic mass is 79.9. The lowest BCUT2D eigenvalue weighted by atomic mass is 10.2. The van der Waals surface area contributed by atoms with E-state index in [0.717, 1.165) is 20.9 Å². The largest absolute Gasteiger partial charge is 0.290 e. The topological polar surface area (TPSA) is 58.0 Å². The van der Waals surface area contributed by atoms with Gasteiger partial charge in [-0.1, -0.05) is 36.4 Å². The summed E-state index contributed by atoms with van der Waals surface area (Å²) < 4.78 is 0.862. The summed E-state index contributed by atoms with van der Waals surface area (Å²) in [4.78, 5) is 8.88. The molecule has 3 aromatic rings. The Labute approximate surface area is 118 Å². The predicted octanol–water partition coefficient (Wildman–Crippen LogP) is 3.86. The van der Waals surface area contributed by atoms with Crippen molar-refractivity contribution < 1.29 is 5.21 Å². The zero-order valence-electron chi connectivity index (χ0n) is 9.84. The molecule has 0 atom stereocenters. The van der Waals surface area contributed by atoms with Crippen molar-refractivity contribution in [2.45, 2.75) is 0 Å². The third-order valence-electron chi connectivity index (χ3n) is 2.82. The molecule has 3 rings (SSSR count). The van der Waals surface area contributed by atoms with E-state index < -0.39 is 0 Å². The van der Waals surface area contributed by atoms with E-state index in [1.807, 2.05) is 48.5 Å². The molecule has 0 aliphatic heterocycles. The summed E-state index contributed by atoms with van der Waals surface area (Å²) in [6.07, 6.45) is 0. The second-order valence-electron chi connectivity index (χ2n) is 4.01. The summed E-state index contributed by atoms with van der Waals surface area (Å²) >= 11 is 3.47. The molecule has 0 aliphatic carbocycles. The lowest BCUT2D eigenvalue weighted by molar-refractivity contribution is 0.387. The standard InChI is InChI=1S/C14H10BrN3O/c15-11-8-4-7-10-12(11)16-13(17-14(10)18-19)9-5-2-1-3-6-9/h1-8,19H,(H,16,17,18). The van der Waals surface area contributed by atoms with Gasteiger partial charge in [-0.3, -0.25) is 10.7 Å². The quantitative estimate of drug-likeness (QED) is 0.705. The minimum absolute atomic E-state index is 0.394. The Morgan fingerprint density at radius 3 is 2.47 bits per heavy atom. The maximum Gasteiger partial charge on any atom is 0.162 e. The molecule has 1 aromatic heterocycles. The molecule has 0 spiro atoms. The van der Waals surface area contributed by atoms with Crippen LogP contribution in [0, 0.1) is 0 Å². The van der Waals surface area contributed by atoms with Crippen LogP contribution in [0.15, 0.2) is 53.0 Å². The zero-order valence-corrected chi connectivity index (χ0v) is 11.4. The molecule has 1 heterocycles. The molecule has 5 heteroatoms. The zero-order chi connectivity index (χ0) is 13.2. The fraction of sp³-hybridized carbons (Fsp3) is 0. The van der Waals surface area contributed by atoms with Gasteiger partial charge in [0.1, 0.15) is 0 Å².